The van der Waals surface area contributed by atoms with Crippen molar-refractivity contribution >= 4 is 11.9 Å². The Bertz CT molecular complexity index is 795. The van der Waals surface area contributed by atoms with Crippen LogP contribution >= 0.6 is 0 Å². The number of nitrogens with one attached hydrogen (secondary N) is 1. The molecule has 0 bridgehead atoms. The summed E-state index contributed by atoms with van der Waals surface area (Å²) in [5.41, 5.74) is 0.524. The van der Waals surface area contributed by atoms with E-state index >= 15 is 0 Å². The fraction of sp³-hybridized carbons (Fsp3) is 0.931. The van der Waals surface area contributed by atoms with E-state index in [9.17, 15) is 14.7 Å². The molecule has 5 nitrogen and oxygen atoms in total. The third kappa shape index (κ3) is 4.33. The lowest BCUT2D eigenvalue weighted by Crippen LogP contribution is -2.59. The van der Waals surface area contributed by atoms with Crippen LogP contribution in [0, 0.1) is 46.3 Å². The van der Waals surface area contributed by atoms with Gasteiger partial charge >= 0.3 is 5.97 Å². The van der Waals surface area contributed by atoms with E-state index in [0.29, 0.717) is 48.0 Å². The monoisotopic (exact) mass is 473 g/mol. The van der Waals surface area contributed by atoms with Gasteiger partial charge in [0.2, 0.25) is 5.91 Å². The summed E-state index contributed by atoms with van der Waals surface area (Å²) in [4.78, 5) is 24.5. The lowest BCUT2D eigenvalue weighted by Gasteiger charge is -2.62. The van der Waals surface area contributed by atoms with E-state index in [0.717, 1.165) is 44.9 Å². The van der Waals surface area contributed by atoms with Gasteiger partial charge in [-0.3, -0.25) is 9.59 Å². The number of rotatable bonds is 6. The number of amides is 1. The maximum Gasteiger partial charge on any atom is 0.302 e. The van der Waals surface area contributed by atoms with Crippen molar-refractivity contribution < 1.29 is 19.4 Å². The molecule has 0 aromatic rings. The van der Waals surface area contributed by atoms with Crippen LogP contribution < -0.4 is 5.32 Å². The highest BCUT2D eigenvalue weighted by Gasteiger charge is 2.63. The van der Waals surface area contributed by atoms with Gasteiger partial charge in [0.1, 0.15) is 6.10 Å². The highest BCUT2D eigenvalue weighted by Crippen LogP contribution is 2.68. The van der Waals surface area contributed by atoms with Gasteiger partial charge in [-0.1, -0.05) is 20.8 Å². The number of esters is 1. The molecule has 192 valence electrons. The molecule has 5 saturated carbocycles. The molecule has 0 aromatic carbocycles. The zero-order valence-electron chi connectivity index (χ0n) is 21.9. The Labute approximate surface area is 206 Å². The van der Waals surface area contributed by atoms with Crippen molar-refractivity contribution in [2.75, 3.05) is 0 Å². The predicted molar refractivity (Wildman–Crippen MR) is 132 cm³/mol. The van der Waals surface area contributed by atoms with Crippen LogP contribution in [0.1, 0.15) is 105 Å². The van der Waals surface area contributed by atoms with Crippen molar-refractivity contribution in [3.8, 4) is 0 Å². The van der Waals surface area contributed by atoms with Crippen LogP contribution in [0.5, 0.6) is 0 Å². The Morgan fingerprint density at radius 2 is 1.71 bits per heavy atom. The maximum atomic E-state index is 12.3. The SMILES string of the molecule is CC(=O)OC1CC2CC(O)CCC2(C)C2CCC3(C)C(C(C)CCC(=O)NC4CC4)CCC3C12. The number of ether oxygens (including phenoxy) is 1. The van der Waals surface area contributed by atoms with Gasteiger partial charge in [-0.15, -0.1) is 0 Å². The first-order valence-electron chi connectivity index (χ1n) is 14.3. The van der Waals surface area contributed by atoms with Crippen LogP contribution in [0.3, 0.4) is 0 Å². The zero-order valence-corrected chi connectivity index (χ0v) is 21.9. The maximum absolute atomic E-state index is 12.3. The molecule has 2 N–H and O–H groups in total. The molecule has 0 heterocycles. The van der Waals surface area contributed by atoms with Crippen molar-refractivity contribution in [3.63, 3.8) is 0 Å². The normalized spacial score (nSPS) is 46.6. The van der Waals surface area contributed by atoms with Gasteiger partial charge < -0.3 is 15.2 Å². The van der Waals surface area contributed by atoms with Crippen molar-refractivity contribution in [3.05, 3.63) is 0 Å². The van der Waals surface area contributed by atoms with Gasteiger partial charge in [0.05, 0.1) is 6.10 Å². The summed E-state index contributed by atoms with van der Waals surface area (Å²) in [6, 6.07) is 0.446. The van der Waals surface area contributed by atoms with Gasteiger partial charge in [0, 0.05) is 25.3 Å². The molecule has 5 heteroatoms. The van der Waals surface area contributed by atoms with Gasteiger partial charge in [-0.2, -0.15) is 0 Å². The molecule has 0 saturated heterocycles. The predicted octanol–water partition coefficient (Wildman–Crippen LogP) is 5.24. The Kier molecular flexibility index (Phi) is 6.57. The summed E-state index contributed by atoms with van der Waals surface area (Å²) in [6.07, 6.45) is 12.4. The molecule has 0 radical (unpaired) electrons. The van der Waals surface area contributed by atoms with Crippen molar-refractivity contribution in [2.24, 2.45) is 46.3 Å². The minimum Gasteiger partial charge on any atom is -0.462 e. The average molecular weight is 474 g/mol. The largest absolute Gasteiger partial charge is 0.462 e. The van der Waals surface area contributed by atoms with Gasteiger partial charge in [-0.05, 0) is 111 Å². The van der Waals surface area contributed by atoms with E-state index in [4.69, 9.17) is 4.74 Å². The standard InChI is InChI=1S/C29H47NO4/c1-17(5-10-26(33)30-20-6-7-20)22-8-9-23-27-24(12-14-29(22,23)4)28(3)13-11-21(32)15-19(28)16-25(27)34-18(2)31/h17,19-25,27,32H,5-16H2,1-4H3,(H,30,33). The fourth-order valence-corrected chi connectivity index (χ4v) is 9.57. The smallest absolute Gasteiger partial charge is 0.302 e. The molecule has 34 heavy (non-hydrogen) atoms. The summed E-state index contributed by atoms with van der Waals surface area (Å²) in [6.45, 7) is 8.95. The highest BCUT2D eigenvalue weighted by molar-refractivity contribution is 5.76. The number of hydrogen-bond donors (Lipinski definition) is 2. The summed E-state index contributed by atoms with van der Waals surface area (Å²) >= 11 is 0. The summed E-state index contributed by atoms with van der Waals surface area (Å²) in [7, 11) is 0. The Morgan fingerprint density at radius 3 is 2.41 bits per heavy atom. The van der Waals surface area contributed by atoms with Crippen LogP contribution in [-0.4, -0.2) is 35.2 Å². The van der Waals surface area contributed by atoms with Crippen LogP contribution in [0.2, 0.25) is 0 Å². The second kappa shape index (κ2) is 9.09. The van der Waals surface area contributed by atoms with Crippen molar-refractivity contribution in [2.45, 2.75) is 123 Å². The van der Waals surface area contributed by atoms with Gasteiger partial charge in [-0.25, -0.2) is 0 Å². The van der Waals surface area contributed by atoms with E-state index in [1.54, 1.807) is 6.92 Å². The summed E-state index contributed by atoms with van der Waals surface area (Å²) < 4.78 is 6.09. The first-order valence-corrected chi connectivity index (χ1v) is 14.3. The highest BCUT2D eigenvalue weighted by atomic mass is 16.5. The number of aliphatic hydroxyl groups is 1. The number of carbonyl (C=O) groups is 2. The lowest BCUT2D eigenvalue weighted by molar-refractivity contribution is -0.194. The van der Waals surface area contributed by atoms with Gasteiger partial charge in [0.15, 0.2) is 0 Å². The van der Waals surface area contributed by atoms with E-state index in [2.05, 4.69) is 26.1 Å². The summed E-state index contributed by atoms with van der Waals surface area (Å²) in [5.74, 6) is 3.33. The molecule has 5 aliphatic carbocycles. The first-order chi connectivity index (χ1) is 16.1. The van der Waals surface area contributed by atoms with E-state index in [1.165, 1.54) is 25.7 Å². The Hall–Kier alpha value is -1.10. The Balaban J connectivity index is 1.34. The average Bonchev–Trinajstić information content (AvgIpc) is 3.51. The van der Waals surface area contributed by atoms with Crippen molar-refractivity contribution in [1.29, 1.82) is 0 Å². The minimum atomic E-state index is -0.199. The molecular formula is C29H47NO4. The number of aliphatic hydroxyl groups excluding tert-OH is 1. The molecule has 0 spiro atoms. The molecule has 5 aliphatic rings. The van der Waals surface area contributed by atoms with E-state index in [-0.39, 0.29) is 34.9 Å². The molecule has 10 unspecified atom stereocenters. The minimum absolute atomic E-state index is 0.00567. The molecule has 10 atom stereocenters. The van der Waals surface area contributed by atoms with Crippen LogP contribution in [0.15, 0.2) is 0 Å². The van der Waals surface area contributed by atoms with Crippen LogP contribution in [0.25, 0.3) is 0 Å². The molecule has 0 aromatic heterocycles. The van der Waals surface area contributed by atoms with Crippen LogP contribution in [0.4, 0.5) is 0 Å². The third-order valence-corrected chi connectivity index (χ3v) is 11.5. The van der Waals surface area contributed by atoms with E-state index in [1.807, 2.05) is 0 Å². The molecular weight excluding hydrogens is 426 g/mol. The quantitative estimate of drug-likeness (QED) is 0.517. The molecule has 1 amide bonds. The fourth-order valence-electron chi connectivity index (χ4n) is 9.57. The molecule has 0 aliphatic heterocycles. The first kappa shape index (κ1) is 24.6. The molecule has 5 rings (SSSR count). The Morgan fingerprint density at radius 1 is 1.00 bits per heavy atom. The summed E-state index contributed by atoms with van der Waals surface area (Å²) in [5, 5.41) is 13.6. The number of carbonyl (C=O) groups excluding carboxylic acids is 2. The molecule has 5 fully saturated rings. The zero-order chi connectivity index (χ0) is 24.3. The van der Waals surface area contributed by atoms with Gasteiger partial charge in [0.25, 0.3) is 0 Å². The third-order valence-electron chi connectivity index (χ3n) is 11.5. The number of fused-ring (bicyclic) bond motifs is 5. The second-order valence-electron chi connectivity index (χ2n) is 13.4. The topological polar surface area (TPSA) is 75.6 Å². The second-order valence-corrected chi connectivity index (χ2v) is 13.4. The van der Waals surface area contributed by atoms with Crippen molar-refractivity contribution in [1.82, 2.24) is 5.32 Å². The van der Waals surface area contributed by atoms with E-state index < -0.39 is 0 Å². The number of hydrogen-bond acceptors (Lipinski definition) is 4. The van der Waals surface area contributed by atoms with Crippen LogP contribution in [-0.2, 0) is 14.3 Å². The lowest BCUT2D eigenvalue weighted by atomic mass is 9.43.